The molecule has 6 aromatic carbocycles. The summed E-state index contributed by atoms with van der Waals surface area (Å²) in [7, 11) is 0. The first-order valence-corrected chi connectivity index (χ1v) is 14.9. The zero-order valence-corrected chi connectivity index (χ0v) is 23.8. The smallest absolute Gasteiger partial charge is 0.160 e. The van der Waals surface area contributed by atoms with Crippen LogP contribution in [0.4, 0.5) is 0 Å². The Kier molecular flexibility index (Phi) is 5.50. The maximum Gasteiger partial charge on any atom is 0.160 e. The van der Waals surface area contributed by atoms with Crippen molar-refractivity contribution in [3.63, 3.8) is 0 Å². The lowest BCUT2D eigenvalue weighted by molar-refractivity contribution is 1.18. The monoisotopic (exact) mass is 559 g/mol. The molecule has 0 amide bonds. The highest BCUT2D eigenvalue weighted by Gasteiger charge is 2.23. The lowest BCUT2D eigenvalue weighted by Gasteiger charge is -2.13. The van der Waals surface area contributed by atoms with Gasteiger partial charge in [-0.05, 0) is 50.0 Å². The Morgan fingerprint density at radius 1 is 0.364 bits per heavy atom. The molecular weight excluding hydrogens is 534 g/mol. The van der Waals surface area contributed by atoms with Gasteiger partial charge in [0.15, 0.2) is 5.82 Å². The molecule has 0 fully saturated rings. The molecule has 0 atom stereocenters. The molecule has 0 aliphatic heterocycles. The fourth-order valence-corrected chi connectivity index (χ4v) is 6.65. The van der Waals surface area contributed by atoms with Crippen molar-refractivity contribution in [2.75, 3.05) is 0 Å². The molecule has 8 aromatic rings. The van der Waals surface area contributed by atoms with Crippen molar-refractivity contribution in [2.24, 2.45) is 0 Å². The van der Waals surface area contributed by atoms with Crippen molar-refractivity contribution in [1.82, 2.24) is 15.0 Å². The number of benzene rings is 6. The van der Waals surface area contributed by atoms with E-state index in [1.165, 1.54) is 38.4 Å². The van der Waals surface area contributed by atoms with Gasteiger partial charge in [0, 0.05) is 40.0 Å². The summed E-state index contributed by atoms with van der Waals surface area (Å²) in [5.41, 5.74) is 12.3. The summed E-state index contributed by atoms with van der Waals surface area (Å²) in [5.74, 6) is 0.704. The van der Waals surface area contributed by atoms with Crippen LogP contribution in [0.3, 0.4) is 0 Å². The van der Waals surface area contributed by atoms with Gasteiger partial charge in [0.1, 0.15) is 0 Å². The van der Waals surface area contributed by atoms with Crippen LogP contribution < -0.4 is 0 Å². The molecule has 0 saturated carbocycles. The van der Waals surface area contributed by atoms with Crippen LogP contribution in [-0.4, -0.2) is 15.0 Å². The Morgan fingerprint density at radius 3 is 1.84 bits per heavy atom. The van der Waals surface area contributed by atoms with Crippen LogP contribution in [-0.2, 0) is 0 Å². The van der Waals surface area contributed by atoms with Gasteiger partial charge in [0.05, 0.1) is 11.4 Å². The molecule has 2 heterocycles. The Hall–Kier alpha value is -5.93. The van der Waals surface area contributed by atoms with Gasteiger partial charge >= 0.3 is 0 Å². The van der Waals surface area contributed by atoms with Crippen LogP contribution in [0.25, 0.3) is 88.8 Å². The first-order valence-electron chi connectivity index (χ1n) is 14.9. The van der Waals surface area contributed by atoms with Crippen molar-refractivity contribution in [3.05, 3.63) is 152 Å². The Labute approximate surface area is 255 Å². The van der Waals surface area contributed by atoms with E-state index < -0.39 is 0 Å². The third-order valence-electron chi connectivity index (χ3n) is 8.74. The topological polar surface area (TPSA) is 38.7 Å². The summed E-state index contributed by atoms with van der Waals surface area (Å²) >= 11 is 0. The molecule has 1 aliphatic carbocycles. The second-order valence-corrected chi connectivity index (χ2v) is 11.2. The third-order valence-corrected chi connectivity index (χ3v) is 8.74. The second-order valence-electron chi connectivity index (χ2n) is 11.2. The minimum Gasteiger partial charge on any atom is -0.263 e. The molecule has 0 bridgehead atoms. The van der Waals surface area contributed by atoms with Gasteiger partial charge in [-0.25, -0.2) is 9.97 Å². The summed E-state index contributed by atoms with van der Waals surface area (Å²) < 4.78 is 0. The molecule has 3 heteroatoms. The number of rotatable bonds is 4. The van der Waals surface area contributed by atoms with E-state index in [9.17, 15) is 0 Å². The third kappa shape index (κ3) is 3.87. The van der Waals surface area contributed by atoms with Gasteiger partial charge in [0.25, 0.3) is 0 Å². The predicted molar refractivity (Wildman–Crippen MR) is 181 cm³/mol. The van der Waals surface area contributed by atoms with E-state index in [2.05, 4.69) is 132 Å². The molecule has 0 unspecified atom stereocenters. The number of nitrogens with zero attached hydrogens (tertiary/aromatic N) is 3. The van der Waals surface area contributed by atoms with E-state index in [0.717, 1.165) is 44.6 Å². The van der Waals surface area contributed by atoms with Crippen molar-refractivity contribution in [3.8, 4) is 67.3 Å². The summed E-state index contributed by atoms with van der Waals surface area (Å²) in [6.45, 7) is 0. The minimum absolute atomic E-state index is 0.704. The summed E-state index contributed by atoms with van der Waals surface area (Å²) in [6.07, 6.45) is 3.85. The molecular formula is C41H25N3. The molecule has 0 saturated heterocycles. The van der Waals surface area contributed by atoms with Crippen LogP contribution in [0.15, 0.2) is 152 Å². The quantitative estimate of drug-likeness (QED) is 0.215. The fourth-order valence-electron chi connectivity index (χ4n) is 6.65. The minimum atomic E-state index is 0.704. The van der Waals surface area contributed by atoms with Crippen LogP contribution in [0.1, 0.15) is 0 Å². The number of pyridine rings is 1. The van der Waals surface area contributed by atoms with E-state index in [4.69, 9.17) is 9.97 Å². The first kappa shape index (κ1) is 24.6. The van der Waals surface area contributed by atoms with Gasteiger partial charge < -0.3 is 0 Å². The van der Waals surface area contributed by atoms with Gasteiger partial charge in [-0.15, -0.1) is 0 Å². The largest absolute Gasteiger partial charge is 0.263 e. The number of hydrogen-bond donors (Lipinski definition) is 0. The average molecular weight is 560 g/mol. The molecule has 9 rings (SSSR count). The first-order chi connectivity index (χ1) is 21.8. The summed E-state index contributed by atoms with van der Waals surface area (Å²) in [4.78, 5) is 14.8. The van der Waals surface area contributed by atoms with E-state index in [0.29, 0.717) is 5.82 Å². The molecule has 0 N–H and O–H groups in total. The van der Waals surface area contributed by atoms with Gasteiger partial charge in [-0.3, -0.25) is 4.98 Å². The van der Waals surface area contributed by atoms with E-state index in [1.807, 2.05) is 24.5 Å². The normalized spacial score (nSPS) is 11.6. The lowest BCUT2D eigenvalue weighted by atomic mass is 9.96. The van der Waals surface area contributed by atoms with Crippen LogP contribution in [0.5, 0.6) is 0 Å². The Morgan fingerprint density at radius 2 is 1.00 bits per heavy atom. The molecule has 0 spiro atoms. The van der Waals surface area contributed by atoms with Gasteiger partial charge in [-0.1, -0.05) is 133 Å². The summed E-state index contributed by atoms with van der Waals surface area (Å²) in [6, 6.07) is 49.2. The van der Waals surface area contributed by atoms with E-state index in [-0.39, 0.29) is 0 Å². The van der Waals surface area contributed by atoms with Crippen LogP contribution in [0, 0.1) is 0 Å². The standard InChI is InChI=1S/C41H25N3/c1-2-9-27(10-3-1)38-23-39(33-21-22-36-32-14-7-6-13-31(32)34-15-8-16-35(33)40(34)36)44-41(43-38)28-19-17-26(18-20-28)37-25-42-24-29-11-4-5-12-30(29)37/h1-25H. The zero-order valence-electron chi connectivity index (χ0n) is 23.8. The summed E-state index contributed by atoms with van der Waals surface area (Å²) in [5, 5.41) is 4.82. The SMILES string of the molecule is c1ccc(-c2cc(-c3ccc4c5c(cccc35)-c3ccccc3-4)nc(-c3ccc(-c4cncc5ccccc45)cc3)n2)cc1. The van der Waals surface area contributed by atoms with Crippen molar-refractivity contribution in [1.29, 1.82) is 0 Å². The number of fused-ring (bicyclic) bond motifs is 4. The highest BCUT2D eigenvalue weighted by molar-refractivity contribution is 6.18. The Bertz CT molecular complexity index is 2340. The highest BCUT2D eigenvalue weighted by Crippen LogP contribution is 2.49. The maximum atomic E-state index is 5.21. The highest BCUT2D eigenvalue weighted by atomic mass is 14.9. The van der Waals surface area contributed by atoms with Crippen LogP contribution >= 0.6 is 0 Å². The van der Waals surface area contributed by atoms with E-state index in [1.54, 1.807) is 0 Å². The lowest BCUT2D eigenvalue weighted by Crippen LogP contribution is -1.96. The maximum absolute atomic E-state index is 5.21. The molecule has 204 valence electrons. The molecule has 3 nitrogen and oxygen atoms in total. The zero-order chi connectivity index (χ0) is 29.0. The number of aromatic nitrogens is 3. The predicted octanol–water partition coefficient (Wildman–Crippen LogP) is 10.5. The average Bonchev–Trinajstić information content (AvgIpc) is 3.43. The Balaban J connectivity index is 1.21. The molecule has 0 radical (unpaired) electrons. The van der Waals surface area contributed by atoms with E-state index >= 15 is 0 Å². The van der Waals surface area contributed by atoms with Crippen molar-refractivity contribution in [2.45, 2.75) is 0 Å². The number of hydrogen-bond acceptors (Lipinski definition) is 3. The molecule has 44 heavy (non-hydrogen) atoms. The van der Waals surface area contributed by atoms with Crippen molar-refractivity contribution < 1.29 is 0 Å². The fraction of sp³-hybridized carbons (Fsp3) is 0. The molecule has 1 aliphatic rings. The van der Waals surface area contributed by atoms with Gasteiger partial charge in [-0.2, -0.15) is 0 Å². The van der Waals surface area contributed by atoms with Crippen LogP contribution in [0.2, 0.25) is 0 Å². The second kappa shape index (κ2) is 9.82. The molecule has 2 aromatic heterocycles. The van der Waals surface area contributed by atoms with Crippen molar-refractivity contribution >= 4 is 21.5 Å². The van der Waals surface area contributed by atoms with Gasteiger partial charge in [0.2, 0.25) is 0 Å².